The molecule has 22 heavy (non-hydrogen) atoms. The van der Waals surface area contributed by atoms with Crippen molar-refractivity contribution >= 4 is 10.8 Å². The molecule has 0 saturated carbocycles. The van der Waals surface area contributed by atoms with Gasteiger partial charge in [0.25, 0.3) is 0 Å². The minimum absolute atomic E-state index is 1.15. The van der Waals surface area contributed by atoms with E-state index in [0.717, 1.165) is 12.8 Å². The molecule has 0 unspecified atom stereocenters. The number of hydrogen-bond acceptors (Lipinski definition) is 0. The van der Waals surface area contributed by atoms with Crippen LogP contribution in [0.15, 0.2) is 54.6 Å². The van der Waals surface area contributed by atoms with Crippen molar-refractivity contribution < 1.29 is 0 Å². The van der Waals surface area contributed by atoms with E-state index in [1.54, 1.807) is 0 Å². The second-order valence-electron chi connectivity index (χ2n) is 6.20. The molecular weight excluding hydrogens is 264 g/mol. The topological polar surface area (TPSA) is 0 Å². The van der Waals surface area contributed by atoms with Crippen LogP contribution in [-0.4, -0.2) is 0 Å². The number of allylic oxidation sites excluding steroid dienone is 2. The first-order chi connectivity index (χ1) is 10.9. The summed E-state index contributed by atoms with van der Waals surface area (Å²) < 4.78 is 0. The number of aryl methyl sites for hydroxylation is 1. The first kappa shape index (κ1) is 16.8. The summed E-state index contributed by atoms with van der Waals surface area (Å²) in [5, 5.41) is 2.77. The Bertz CT molecular complexity index is 560. The Morgan fingerprint density at radius 3 is 2.36 bits per heavy atom. The average molecular weight is 294 g/mol. The predicted molar refractivity (Wildman–Crippen MR) is 99.4 cm³/mol. The highest BCUT2D eigenvalue weighted by Gasteiger charge is 1.98. The maximum absolute atomic E-state index is 2.38. The lowest BCUT2D eigenvalue weighted by molar-refractivity contribution is 0.611. The standard InChI is InChI=1S/C22H30/c1-2-3-4-5-6-7-8-9-10-11-15-20-17-14-18-21-16-12-13-19-22(20)21/h9-10,12-14,16-19H,2-8,11,15H2,1H3/b10-9+. The number of rotatable bonds is 10. The Morgan fingerprint density at radius 2 is 1.45 bits per heavy atom. The van der Waals surface area contributed by atoms with Crippen LogP contribution in [0.1, 0.15) is 63.9 Å². The molecule has 118 valence electrons. The van der Waals surface area contributed by atoms with Crippen molar-refractivity contribution in [2.45, 2.75) is 64.7 Å². The van der Waals surface area contributed by atoms with Crippen molar-refractivity contribution in [3.8, 4) is 0 Å². The zero-order valence-electron chi connectivity index (χ0n) is 14.1. The maximum atomic E-state index is 2.38. The lowest BCUT2D eigenvalue weighted by atomic mass is 10.0. The highest BCUT2D eigenvalue weighted by atomic mass is 14.0. The van der Waals surface area contributed by atoms with E-state index in [1.165, 1.54) is 61.3 Å². The molecule has 2 rings (SSSR count). The van der Waals surface area contributed by atoms with E-state index in [0.29, 0.717) is 0 Å². The quantitative estimate of drug-likeness (QED) is 0.324. The molecule has 0 aliphatic rings. The van der Waals surface area contributed by atoms with E-state index >= 15 is 0 Å². The molecule has 2 aromatic rings. The third-order valence-electron chi connectivity index (χ3n) is 4.35. The molecule has 0 heterocycles. The highest BCUT2D eigenvalue weighted by molar-refractivity contribution is 5.85. The Hall–Kier alpha value is -1.56. The van der Waals surface area contributed by atoms with Gasteiger partial charge in [0.05, 0.1) is 0 Å². The maximum Gasteiger partial charge on any atom is -0.0152 e. The fourth-order valence-corrected chi connectivity index (χ4v) is 3.03. The molecule has 0 bridgehead atoms. The summed E-state index contributed by atoms with van der Waals surface area (Å²) in [6.45, 7) is 2.28. The second-order valence-corrected chi connectivity index (χ2v) is 6.20. The SMILES string of the molecule is CCCCCCCC/C=C/CCc1cccc2ccccc12. The number of unbranched alkanes of at least 4 members (excludes halogenated alkanes) is 6. The molecule has 0 heteroatoms. The Kier molecular flexibility index (Phi) is 7.80. The van der Waals surface area contributed by atoms with E-state index in [2.05, 4.69) is 61.5 Å². The van der Waals surface area contributed by atoms with Gasteiger partial charge in [0.1, 0.15) is 0 Å². The number of benzene rings is 2. The first-order valence-corrected chi connectivity index (χ1v) is 9.03. The third-order valence-corrected chi connectivity index (χ3v) is 4.35. The Balaban J connectivity index is 1.66. The molecule has 0 aliphatic carbocycles. The van der Waals surface area contributed by atoms with Crippen molar-refractivity contribution in [3.05, 3.63) is 60.2 Å². The molecule has 0 N–H and O–H groups in total. The Labute approximate surface area is 136 Å². The monoisotopic (exact) mass is 294 g/mol. The van der Waals surface area contributed by atoms with Crippen molar-refractivity contribution in [3.63, 3.8) is 0 Å². The largest absolute Gasteiger partial charge is 0.0885 e. The summed E-state index contributed by atoms with van der Waals surface area (Å²) in [4.78, 5) is 0. The summed E-state index contributed by atoms with van der Waals surface area (Å²) in [6, 6.07) is 15.3. The molecule has 0 radical (unpaired) electrons. The van der Waals surface area contributed by atoms with Gasteiger partial charge in [-0.15, -0.1) is 0 Å². The average Bonchev–Trinajstić information content (AvgIpc) is 2.56. The van der Waals surface area contributed by atoms with Crippen LogP contribution in [0.2, 0.25) is 0 Å². The van der Waals surface area contributed by atoms with Crippen LogP contribution >= 0.6 is 0 Å². The smallest absolute Gasteiger partial charge is 0.0152 e. The normalized spacial score (nSPS) is 11.5. The molecule has 0 saturated heterocycles. The zero-order valence-corrected chi connectivity index (χ0v) is 14.1. The predicted octanol–water partition coefficient (Wildman–Crippen LogP) is 7.08. The summed E-state index contributed by atoms with van der Waals surface area (Å²) >= 11 is 0. The van der Waals surface area contributed by atoms with E-state index in [4.69, 9.17) is 0 Å². The van der Waals surface area contributed by atoms with Gasteiger partial charge in [-0.2, -0.15) is 0 Å². The summed E-state index contributed by atoms with van der Waals surface area (Å²) in [6.07, 6.45) is 16.6. The van der Waals surface area contributed by atoms with Crippen LogP contribution in [0, 0.1) is 0 Å². The molecule has 2 aromatic carbocycles. The molecule has 0 nitrogen and oxygen atoms in total. The second kappa shape index (κ2) is 10.2. The van der Waals surface area contributed by atoms with Gasteiger partial charge in [-0.05, 0) is 42.0 Å². The fraction of sp³-hybridized carbons (Fsp3) is 0.455. The zero-order chi connectivity index (χ0) is 15.5. The van der Waals surface area contributed by atoms with E-state index in [1.807, 2.05) is 0 Å². The Morgan fingerprint density at radius 1 is 0.727 bits per heavy atom. The van der Waals surface area contributed by atoms with Crippen LogP contribution in [0.3, 0.4) is 0 Å². The van der Waals surface area contributed by atoms with Gasteiger partial charge in [0, 0.05) is 0 Å². The lowest BCUT2D eigenvalue weighted by Gasteiger charge is -2.04. The number of fused-ring (bicyclic) bond motifs is 1. The molecule has 0 atom stereocenters. The van der Waals surface area contributed by atoms with Crippen LogP contribution in [0.4, 0.5) is 0 Å². The van der Waals surface area contributed by atoms with E-state index in [-0.39, 0.29) is 0 Å². The summed E-state index contributed by atoms with van der Waals surface area (Å²) in [5.74, 6) is 0. The van der Waals surface area contributed by atoms with Gasteiger partial charge in [0.15, 0.2) is 0 Å². The van der Waals surface area contributed by atoms with Crippen LogP contribution in [0.25, 0.3) is 10.8 Å². The molecule has 0 fully saturated rings. The van der Waals surface area contributed by atoms with Gasteiger partial charge in [-0.25, -0.2) is 0 Å². The molecule has 0 aliphatic heterocycles. The van der Waals surface area contributed by atoms with Crippen LogP contribution < -0.4 is 0 Å². The summed E-state index contributed by atoms with van der Waals surface area (Å²) in [5.41, 5.74) is 1.47. The van der Waals surface area contributed by atoms with Gasteiger partial charge < -0.3 is 0 Å². The first-order valence-electron chi connectivity index (χ1n) is 9.03. The molecule has 0 spiro atoms. The van der Waals surface area contributed by atoms with Gasteiger partial charge in [-0.3, -0.25) is 0 Å². The molecule has 0 amide bonds. The fourth-order valence-electron chi connectivity index (χ4n) is 3.03. The van der Waals surface area contributed by atoms with E-state index < -0.39 is 0 Å². The van der Waals surface area contributed by atoms with Gasteiger partial charge in [-0.1, -0.05) is 93.6 Å². The third kappa shape index (κ3) is 5.67. The van der Waals surface area contributed by atoms with E-state index in [9.17, 15) is 0 Å². The highest BCUT2D eigenvalue weighted by Crippen LogP contribution is 2.19. The lowest BCUT2D eigenvalue weighted by Crippen LogP contribution is -1.85. The molecular formula is C22H30. The molecule has 0 aromatic heterocycles. The van der Waals surface area contributed by atoms with Crippen molar-refractivity contribution in [2.75, 3.05) is 0 Å². The summed E-state index contributed by atoms with van der Waals surface area (Å²) in [7, 11) is 0. The van der Waals surface area contributed by atoms with Crippen LogP contribution in [0.5, 0.6) is 0 Å². The van der Waals surface area contributed by atoms with Gasteiger partial charge >= 0.3 is 0 Å². The van der Waals surface area contributed by atoms with Crippen LogP contribution in [-0.2, 0) is 6.42 Å². The van der Waals surface area contributed by atoms with Gasteiger partial charge in [0.2, 0.25) is 0 Å². The van der Waals surface area contributed by atoms with Crippen molar-refractivity contribution in [1.29, 1.82) is 0 Å². The number of hydrogen-bond donors (Lipinski definition) is 0. The minimum Gasteiger partial charge on any atom is -0.0885 e. The minimum atomic E-state index is 1.15. The van der Waals surface area contributed by atoms with Crippen molar-refractivity contribution in [2.24, 2.45) is 0 Å². The van der Waals surface area contributed by atoms with Crippen molar-refractivity contribution in [1.82, 2.24) is 0 Å².